The maximum Gasteiger partial charge on any atom is 0.303 e. The van der Waals surface area contributed by atoms with E-state index in [1.807, 2.05) is 6.92 Å². The minimum Gasteiger partial charge on any atom is -0.481 e. The molecule has 0 aromatic heterocycles. The Bertz CT molecular complexity index is 281. The smallest absolute Gasteiger partial charge is 0.303 e. The third-order valence-electron chi connectivity index (χ3n) is 3.52. The summed E-state index contributed by atoms with van der Waals surface area (Å²) < 4.78 is 0. The highest BCUT2D eigenvalue weighted by Crippen LogP contribution is 2.26. The summed E-state index contributed by atoms with van der Waals surface area (Å²) in [4.78, 5) is 23.6. The Morgan fingerprint density at radius 2 is 2.24 bits per heavy atom. The molecule has 1 amide bonds. The third-order valence-corrected chi connectivity index (χ3v) is 3.52. The third kappa shape index (κ3) is 5.17. The molecule has 5 heteroatoms. The van der Waals surface area contributed by atoms with E-state index >= 15 is 0 Å². The molecular weight excluding hydrogens is 220 g/mol. The molecule has 1 aliphatic heterocycles. The van der Waals surface area contributed by atoms with Crippen molar-refractivity contribution in [2.45, 2.75) is 32.6 Å². The van der Waals surface area contributed by atoms with E-state index in [0.29, 0.717) is 18.9 Å². The van der Waals surface area contributed by atoms with Crippen molar-refractivity contribution in [1.29, 1.82) is 0 Å². The quantitative estimate of drug-likeness (QED) is 0.717. The van der Waals surface area contributed by atoms with Gasteiger partial charge in [0.15, 0.2) is 0 Å². The molecule has 0 aliphatic carbocycles. The first-order valence-corrected chi connectivity index (χ1v) is 6.21. The predicted molar refractivity (Wildman–Crippen MR) is 64.4 cm³/mol. The highest BCUT2D eigenvalue weighted by molar-refractivity contribution is 5.73. The summed E-state index contributed by atoms with van der Waals surface area (Å²) >= 11 is 0. The topological polar surface area (TPSA) is 83.6 Å². The van der Waals surface area contributed by atoms with Gasteiger partial charge in [0.1, 0.15) is 0 Å². The van der Waals surface area contributed by atoms with Crippen molar-refractivity contribution in [2.24, 2.45) is 17.6 Å². The van der Waals surface area contributed by atoms with Crippen LogP contribution in [0.5, 0.6) is 0 Å². The van der Waals surface area contributed by atoms with Crippen LogP contribution in [0.2, 0.25) is 0 Å². The lowest BCUT2D eigenvalue weighted by Crippen LogP contribution is -2.39. The van der Waals surface area contributed by atoms with Crippen LogP contribution in [0.4, 0.5) is 0 Å². The fourth-order valence-electron chi connectivity index (χ4n) is 2.47. The van der Waals surface area contributed by atoms with Gasteiger partial charge in [0.25, 0.3) is 0 Å². The molecule has 1 aliphatic rings. The molecule has 0 aromatic rings. The first kappa shape index (κ1) is 14.0. The summed E-state index contributed by atoms with van der Waals surface area (Å²) in [6.07, 6.45) is 2.78. The molecule has 0 saturated carbocycles. The number of nitrogens with two attached hydrogens (primary N) is 1. The van der Waals surface area contributed by atoms with Gasteiger partial charge in [-0.25, -0.2) is 0 Å². The first-order chi connectivity index (χ1) is 7.99. The van der Waals surface area contributed by atoms with E-state index < -0.39 is 5.97 Å². The summed E-state index contributed by atoms with van der Waals surface area (Å²) in [5.74, 6) is -0.380. The molecule has 0 aromatic carbocycles. The fourth-order valence-corrected chi connectivity index (χ4v) is 2.47. The minimum absolute atomic E-state index is 0.198. The van der Waals surface area contributed by atoms with Gasteiger partial charge in [0, 0.05) is 25.9 Å². The molecule has 0 spiro atoms. The Labute approximate surface area is 102 Å². The number of hydrogen-bond acceptors (Lipinski definition) is 3. The number of carboxylic acids is 1. The lowest BCUT2D eigenvalue weighted by Gasteiger charge is -2.35. The number of carboxylic acid groups (broad SMARTS) is 1. The van der Waals surface area contributed by atoms with Crippen LogP contribution in [0.25, 0.3) is 0 Å². The second-order valence-corrected chi connectivity index (χ2v) is 4.99. The number of likely N-dealkylation sites (tertiary alicyclic amines) is 1. The van der Waals surface area contributed by atoms with Gasteiger partial charge in [-0.05, 0) is 31.2 Å². The average Bonchev–Trinajstić information content (AvgIpc) is 2.26. The standard InChI is InChI=1S/C12H22N2O3/c1-9(7-12(16)17)10-3-2-5-14(8-10)6-4-11(13)15/h9-10H,2-8H2,1H3,(H2,13,15)(H,16,17). The van der Waals surface area contributed by atoms with Gasteiger partial charge in [-0.2, -0.15) is 0 Å². The Kier molecular flexibility index (Phi) is 5.41. The molecule has 2 atom stereocenters. The Morgan fingerprint density at radius 3 is 2.82 bits per heavy atom. The summed E-state index contributed by atoms with van der Waals surface area (Å²) in [5.41, 5.74) is 5.13. The first-order valence-electron chi connectivity index (χ1n) is 6.21. The molecule has 0 bridgehead atoms. The maximum absolute atomic E-state index is 10.7. The average molecular weight is 242 g/mol. The van der Waals surface area contributed by atoms with Crippen molar-refractivity contribution in [2.75, 3.05) is 19.6 Å². The monoisotopic (exact) mass is 242 g/mol. The van der Waals surface area contributed by atoms with E-state index in [1.54, 1.807) is 0 Å². The van der Waals surface area contributed by atoms with Crippen molar-refractivity contribution < 1.29 is 14.7 Å². The zero-order chi connectivity index (χ0) is 12.8. The Hall–Kier alpha value is -1.10. The number of aliphatic carboxylic acids is 1. The van der Waals surface area contributed by atoms with Crippen LogP contribution in [0.1, 0.15) is 32.6 Å². The second-order valence-electron chi connectivity index (χ2n) is 4.99. The van der Waals surface area contributed by atoms with Crippen LogP contribution in [0.3, 0.4) is 0 Å². The molecule has 2 unspecified atom stereocenters. The second kappa shape index (κ2) is 6.59. The van der Waals surface area contributed by atoms with Crippen LogP contribution >= 0.6 is 0 Å². The van der Waals surface area contributed by atoms with E-state index in [-0.39, 0.29) is 18.2 Å². The van der Waals surface area contributed by atoms with Crippen LogP contribution in [0.15, 0.2) is 0 Å². The minimum atomic E-state index is -0.730. The molecule has 0 radical (unpaired) electrons. The lowest BCUT2D eigenvalue weighted by molar-refractivity contribution is -0.138. The number of nitrogens with zero attached hydrogens (tertiary/aromatic N) is 1. The molecule has 1 saturated heterocycles. The Balaban J connectivity index is 2.37. The van der Waals surface area contributed by atoms with Gasteiger partial charge < -0.3 is 15.7 Å². The van der Waals surface area contributed by atoms with Gasteiger partial charge >= 0.3 is 5.97 Å². The maximum atomic E-state index is 10.7. The largest absolute Gasteiger partial charge is 0.481 e. The zero-order valence-corrected chi connectivity index (χ0v) is 10.4. The molecule has 3 N–H and O–H groups in total. The summed E-state index contributed by atoms with van der Waals surface area (Å²) in [6.45, 7) is 4.58. The van der Waals surface area contributed by atoms with Crippen molar-refractivity contribution in [1.82, 2.24) is 4.90 Å². The van der Waals surface area contributed by atoms with E-state index in [4.69, 9.17) is 10.8 Å². The highest BCUT2D eigenvalue weighted by Gasteiger charge is 2.25. The van der Waals surface area contributed by atoms with Crippen LogP contribution in [-0.2, 0) is 9.59 Å². The summed E-state index contributed by atoms with van der Waals surface area (Å²) in [5, 5.41) is 8.78. The molecule has 98 valence electrons. The van der Waals surface area contributed by atoms with Crippen LogP contribution in [-0.4, -0.2) is 41.5 Å². The molecule has 1 heterocycles. The SMILES string of the molecule is CC(CC(=O)O)C1CCCN(CCC(N)=O)C1. The number of carbonyl (C=O) groups excluding carboxylic acids is 1. The highest BCUT2D eigenvalue weighted by atomic mass is 16.4. The number of piperidine rings is 1. The Morgan fingerprint density at radius 1 is 1.53 bits per heavy atom. The molecule has 1 rings (SSSR count). The number of amides is 1. The van der Waals surface area contributed by atoms with E-state index in [1.165, 1.54) is 0 Å². The fraction of sp³-hybridized carbons (Fsp3) is 0.833. The van der Waals surface area contributed by atoms with E-state index in [9.17, 15) is 9.59 Å². The normalized spacial score (nSPS) is 23.2. The van der Waals surface area contributed by atoms with E-state index in [2.05, 4.69) is 4.90 Å². The van der Waals surface area contributed by atoms with Gasteiger partial charge in [-0.3, -0.25) is 9.59 Å². The van der Waals surface area contributed by atoms with Gasteiger partial charge in [0.2, 0.25) is 5.91 Å². The lowest BCUT2D eigenvalue weighted by atomic mass is 9.84. The van der Waals surface area contributed by atoms with Crippen LogP contribution < -0.4 is 5.73 Å². The van der Waals surface area contributed by atoms with Gasteiger partial charge in [0.05, 0.1) is 0 Å². The molecule has 1 fully saturated rings. The van der Waals surface area contributed by atoms with Crippen molar-refractivity contribution >= 4 is 11.9 Å². The molecule has 17 heavy (non-hydrogen) atoms. The number of rotatable bonds is 6. The molecular formula is C12H22N2O3. The van der Waals surface area contributed by atoms with Crippen molar-refractivity contribution in [3.05, 3.63) is 0 Å². The number of hydrogen-bond donors (Lipinski definition) is 2. The number of primary amides is 1. The van der Waals surface area contributed by atoms with Crippen molar-refractivity contribution in [3.63, 3.8) is 0 Å². The van der Waals surface area contributed by atoms with Crippen molar-refractivity contribution in [3.8, 4) is 0 Å². The molecule has 5 nitrogen and oxygen atoms in total. The predicted octanol–water partition coefficient (Wildman–Crippen LogP) is 0.685. The van der Waals surface area contributed by atoms with E-state index in [0.717, 1.165) is 25.9 Å². The number of carbonyl (C=O) groups is 2. The zero-order valence-electron chi connectivity index (χ0n) is 10.4. The van der Waals surface area contributed by atoms with Gasteiger partial charge in [-0.15, -0.1) is 0 Å². The summed E-state index contributed by atoms with van der Waals surface area (Å²) in [7, 11) is 0. The van der Waals surface area contributed by atoms with Crippen LogP contribution in [0, 0.1) is 11.8 Å². The summed E-state index contributed by atoms with van der Waals surface area (Å²) in [6, 6.07) is 0. The van der Waals surface area contributed by atoms with Gasteiger partial charge in [-0.1, -0.05) is 6.92 Å².